The molecule has 3 nitrogen and oxygen atoms in total. The van der Waals surface area contributed by atoms with Crippen LogP contribution in [-0.2, 0) is 18.6 Å². The van der Waals surface area contributed by atoms with Gasteiger partial charge in [0.25, 0.3) is 0 Å². The van der Waals surface area contributed by atoms with Crippen molar-refractivity contribution >= 4 is 18.0 Å². The largest absolute Gasteiger partial charge is 0.493 e. The monoisotopic (exact) mass is 298 g/mol. The first-order chi connectivity index (χ1) is 10.3. The summed E-state index contributed by atoms with van der Waals surface area (Å²) >= 11 is 1.68. The molecule has 2 N–H and O–H groups in total. The third-order valence-electron chi connectivity index (χ3n) is 3.86. The Hall–Kier alpha value is -1.81. The molecule has 0 saturated carbocycles. The van der Waals surface area contributed by atoms with Gasteiger partial charge >= 0.3 is 0 Å². The van der Waals surface area contributed by atoms with E-state index in [2.05, 4.69) is 17.1 Å². The van der Waals surface area contributed by atoms with Crippen LogP contribution in [0.3, 0.4) is 0 Å². The molecule has 3 rings (SSSR count). The van der Waals surface area contributed by atoms with Crippen LogP contribution >= 0.6 is 11.8 Å². The number of aromatic hydroxyl groups is 1. The van der Waals surface area contributed by atoms with Gasteiger partial charge in [0.1, 0.15) is 5.03 Å². The Morgan fingerprint density at radius 1 is 1.14 bits per heavy atom. The zero-order valence-electron chi connectivity index (χ0n) is 11.8. The van der Waals surface area contributed by atoms with Gasteiger partial charge in [-0.05, 0) is 42.4 Å². The first-order valence-electron chi connectivity index (χ1n) is 7.21. The summed E-state index contributed by atoms with van der Waals surface area (Å²) in [6.45, 7) is 0. The van der Waals surface area contributed by atoms with Crippen molar-refractivity contribution in [1.82, 2.24) is 4.98 Å². The molecule has 0 atom stereocenters. The van der Waals surface area contributed by atoms with E-state index in [9.17, 15) is 5.11 Å². The van der Waals surface area contributed by atoms with E-state index in [0.29, 0.717) is 5.56 Å². The summed E-state index contributed by atoms with van der Waals surface area (Å²) in [5, 5.41) is 18.5. The number of hydrogen-bond donors (Lipinski definition) is 2. The standard InChI is InChI=1S/C17H18N2OS/c18-10-15-13-8-4-5-9-14(13)17(19-16(15)20)21-11-12-6-2-1-3-7-12/h1-3,6-7,10,18H,4-5,8-9,11H2,(H,19,20). The van der Waals surface area contributed by atoms with E-state index in [4.69, 9.17) is 5.41 Å². The van der Waals surface area contributed by atoms with Crippen molar-refractivity contribution in [3.8, 4) is 5.88 Å². The lowest BCUT2D eigenvalue weighted by Crippen LogP contribution is -2.10. The summed E-state index contributed by atoms with van der Waals surface area (Å²) in [6.07, 6.45) is 5.46. The highest BCUT2D eigenvalue weighted by molar-refractivity contribution is 7.98. The molecule has 1 aromatic carbocycles. The number of thioether (sulfide) groups is 1. The second kappa shape index (κ2) is 6.31. The van der Waals surface area contributed by atoms with Crippen molar-refractivity contribution < 1.29 is 5.11 Å². The highest BCUT2D eigenvalue weighted by atomic mass is 32.2. The molecule has 1 aliphatic rings. The zero-order valence-corrected chi connectivity index (χ0v) is 12.6. The topological polar surface area (TPSA) is 57.0 Å². The smallest absolute Gasteiger partial charge is 0.221 e. The molecular weight excluding hydrogens is 280 g/mol. The van der Waals surface area contributed by atoms with E-state index in [0.717, 1.165) is 42.0 Å². The minimum Gasteiger partial charge on any atom is -0.493 e. The van der Waals surface area contributed by atoms with E-state index in [1.54, 1.807) is 11.8 Å². The Labute approximate surface area is 128 Å². The summed E-state index contributed by atoms with van der Waals surface area (Å²) in [7, 11) is 0. The lowest BCUT2D eigenvalue weighted by Gasteiger charge is -2.21. The molecule has 0 amide bonds. The highest BCUT2D eigenvalue weighted by Crippen LogP contribution is 2.35. The van der Waals surface area contributed by atoms with Crippen LogP contribution in [0.5, 0.6) is 5.88 Å². The average molecular weight is 298 g/mol. The molecule has 0 unspecified atom stereocenters. The van der Waals surface area contributed by atoms with Gasteiger partial charge in [0.2, 0.25) is 5.88 Å². The summed E-state index contributed by atoms with van der Waals surface area (Å²) < 4.78 is 0. The quantitative estimate of drug-likeness (QED) is 0.663. The number of fused-ring (bicyclic) bond motifs is 1. The molecule has 1 aliphatic carbocycles. The highest BCUT2D eigenvalue weighted by Gasteiger charge is 2.21. The normalized spacial score (nSPS) is 13.7. The van der Waals surface area contributed by atoms with E-state index < -0.39 is 0 Å². The number of aromatic nitrogens is 1. The SMILES string of the molecule is N=Cc1c(O)nc(SCc2ccccc2)c2c1CCCC2. The number of pyridine rings is 1. The van der Waals surface area contributed by atoms with Crippen LogP contribution in [-0.4, -0.2) is 16.3 Å². The maximum Gasteiger partial charge on any atom is 0.221 e. The fourth-order valence-corrected chi connectivity index (χ4v) is 3.84. The number of hydrogen-bond acceptors (Lipinski definition) is 4. The third kappa shape index (κ3) is 2.95. The van der Waals surface area contributed by atoms with Crippen LogP contribution in [0.4, 0.5) is 0 Å². The molecule has 0 aliphatic heterocycles. The molecule has 0 fully saturated rings. The van der Waals surface area contributed by atoms with Gasteiger partial charge in [-0.25, -0.2) is 4.98 Å². The zero-order chi connectivity index (χ0) is 14.7. The maximum atomic E-state index is 10.1. The van der Waals surface area contributed by atoms with E-state index in [-0.39, 0.29) is 5.88 Å². The predicted molar refractivity (Wildman–Crippen MR) is 86.4 cm³/mol. The van der Waals surface area contributed by atoms with Crippen LogP contribution < -0.4 is 0 Å². The van der Waals surface area contributed by atoms with Crippen molar-refractivity contribution in [3.05, 3.63) is 52.6 Å². The molecule has 4 heteroatoms. The Morgan fingerprint density at radius 3 is 2.57 bits per heavy atom. The van der Waals surface area contributed by atoms with Crippen LogP contribution in [0.2, 0.25) is 0 Å². The summed E-state index contributed by atoms with van der Waals surface area (Å²) in [4.78, 5) is 4.34. The molecule has 108 valence electrons. The van der Waals surface area contributed by atoms with Crippen LogP contribution in [0.1, 0.15) is 35.1 Å². The Kier molecular flexibility index (Phi) is 4.25. The fraction of sp³-hybridized carbons (Fsp3) is 0.294. The average Bonchev–Trinajstić information content (AvgIpc) is 2.54. The van der Waals surface area contributed by atoms with Crippen molar-refractivity contribution in [2.24, 2.45) is 0 Å². The van der Waals surface area contributed by atoms with Crippen molar-refractivity contribution in [2.75, 3.05) is 0 Å². The van der Waals surface area contributed by atoms with Crippen molar-refractivity contribution in [2.45, 2.75) is 36.5 Å². The molecule has 0 spiro atoms. The van der Waals surface area contributed by atoms with E-state index in [1.807, 2.05) is 18.2 Å². The molecule has 1 aromatic heterocycles. The third-order valence-corrected chi connectivity index (χ3v) is 4.95. The second-order valence-corrected chi connectivity index (χ2v) is 6.20. The van der Waals surface area contributed by atoms with Gasteiger partial charge in [-0.3, -0.25) is 0 Å². The Morgan fingerprint density at radius 2 is 1.86 bits per heavy atom. The second-order valence-electron chi connectivity index (χ2n) is 5.24. The molecule has 0 bridgehead atoms. The molecule has 21 heavy (non-hydrogen) atoms. The Balaban J connectivity index is 1.91. The fourth-order valence-electron chi connectivity index (χ4n) is 2.79. The lowest BCUT2D eigenvalue weighted by molar-refractivity contribution is 0.443. The lowest BCUT2D eigenvalue weighted by atomic mass is 9.90. The first-order valence-corrected chi connectivity index (χ1v) is 8.20. The van der Waals surface area contributed by atoms with Gasteiger partial charge in [0, 0.05) is 12.0 Å². The van der Waals surface area contributed by atoms with Gasteiger partial charge in [-0.15, -0.1) is 11.8 Å². The van der Waals surface area contributed by atoms with Crippen LogP contribution in [0.25, 0.3) is 0 Å². The summed E-state index contributed by atoms with van der Waals surface area (Å²) in [6, 6.07) is 10.3. The number of nitrogens with zero attached hydrogens (tertiary/aromatic N) is 1. The van der Waals surface area contributed by atoms with Gasteiger partial charge in [0.15, 0.2) is 0 Å². The van der Waals surface area contributed by atoms with Crippen molar-refractivity contribution in [3.63, 3.8) is 0 Å². The van der Waals surface area contributed by atoms with Crippen LogP contribution in [0.15, 0.2) is 35.4 Å². The first kappa shape index (κ1) is 14.1. The number of benzene rings is 1. The molecule has 1 heterocycles. The minimum atomic E-state index is 0.00112. The summed E-state index contributed by atoms with van der Waals surface area (Å²) in [5.41, 5.74) is 4.22. The number of rotatable bonds is 4. The van der Waals surface area contributed by atoms with Gasteiger partial charge in [0.05, 0.1) is 5.56 Å². The van der Waals surface area contributed by atoms with Crippen molar-refractivity contribution in [1.29, 1.82) is 5.41 Å². The van der Waals surface area contributed by atoms with Gasteiger partial charge < -0.3 is 10.5 Å². The molecular formula is C17H18N2OS. The summed E-state index contributed by atoms with van der Waals surface area (Å²) in [5.74, 6) is 0.852. The van der Waals surface area contributed by atoms with Gasteiger partial charge in [-0.2, -0.15) is 0 Å². The minimum absolute atomic E-state index is 0.00112. The molecule has 0 radical (unpaired) electrons. The van der Waals surface area contributed by atoms with Gasteiger partial charge in [-0.1, -0.05) is 30.3 Å². The molecule has 0 saturated heterocycles. The van der Waals surface area contributed by atoms with E-state index in [1.165, 1.54) is 17.3 Å². The van der Waals surface area contributed by atoms with Crippen LogP contribution in [0, 0.1) is 5.41 Å². The number of nitrogens with one attached hydrogen (secondary N) is 1. The van der Waals surface area contributed by atoms with E-state index >= 15 is 0 Å². The Bertz CT molecular complexity index is 656. The predicted octanol–water partition coefficient (Wildman–Crippen LogP) is 3.96. The maximum absolute atomic E-state index is 10.1. The molecule has 2 aromatic rings.